The van der Waals surface area contributed by atoms with Crippen molar-refractivity contribution in [1.29, 1.82) is 0 Å². The van der Waals surface area contributed by atoms with Gasteiger partial charge in [0.05, 0.1) is 11.1 Å². The summed E-state index contributed by atoms with van der Waals surface area (Å²) < 4.78 is 0. The van der Waals surface area contributed by atoms with Gasteiger partial charge in [0.2, 0.25) is 0 Å². The summed E-state index contributed by atoms with van der Waals surface area (Å²) in [6.45, 7) is 0.520. The van der Waals surface area contributed by atoms with E-state index in [1.165, 1.54) is 29.0 Å². The molecule has 0 radical (unpaired) electrons. The van der Waals surface area contributed by atoms with Gasteiger partial charge in [-0.15, -0.1) is 0 Å². The molecule has 0 saturated carbocycles. The van der Waals surface area contributed by atoms with Crippen LogP contribution in [0.5, 0.6) is 0 Å². The van der Waals surface area contributed by atoms with Crippen molar-refractivity contribution in [3.8, 4) is 0 Å². The molecule has 2 aromatic rings. The molecule has 1 aromatic carbocycles. The molecule has 2 heterocycles. The second-order valence-electron chi connectivity index (χ2n) is 6.51. The Labute approximate surface area is 134 Å². The zero-order valence-electron chi connectivity index (χ0n) is 13.0. The lowest BCUT2D eigenvalue weighted by atomic mass is 9.95. The van der Waals surface area contributed by atoms with Crippen molar-refractivity contribution in [2.75, 3.05) is 6.54 Å². The maximum absolute atomic E-state index is 12.9. The Hall–Kier alpha value is -2.30. The van der Waals surface area contributed by atoms with Crippen LogP contribution in [0.1, 0.15) is 47.3 Å². The molecule has 1 unspecified atom stereocenters. The van der Waals surface area contributed by atoms with Crippen molar-refractivity contribution in [3.05, 3.63) is 35.0 Å². The number of likely N-dealkylation sites (tertiary alicyclic amines) is 1. The van der Waals surface area contributed by atoms with Gasteiger partial charge in [0.15, 0.2) is 0 Å². The molecule has 120 valence electrons. The highest BCUT2D eigenvalue weighted by atomic mass is 16.4. The molecule has 1 atom stereocenters. The number of benzene rings is 1. The van der Waals surface area contributed by atoms with Gasteiger partial charge in [-0.05, 0) is 50.2 Å². The summed E-state index contributed by atoms with van der Waals surface area (Å²) in [4.78, 5) is 29.2. The summed E-state index contributed by atoms with van der Waals surface area (Å²) in [5.41, 5.74) is 4.05. The van der Waals surface area contributed by atoms with E-state index in [0.717, 1.165) is 30.2 Å². The number of H-pyrrole nitrogens is 1. The number of rotatable bonds is 2. The molecule has 1 aliphatic heterocycles. The number of hydrogen-bond donors (Lipinski definition) is 2. The summed E-state index contributed by atoms with van der Waals surface area (Å²) >= 11 is 0. The second kappa shape index (κ2) is 5.41. The van der Waals surface area contributed by atoms with E-state index >= 15 is 0 Å². The summed E-state index contributed by atoms with van der Waals surface area (Å²) in [6.07, 6.45) is 5.73. The maximum Gasteiger partial charge on any atom is 0.326 e. The predicted molar refractivity (Wildman–Crippen MR) is 86.6 cm³/mol. The van der Waals surface area contributed by atoms with Crippen LogP contribution < -0.4 is 0 Å². The Bertz CT molecular complexity index is 793. The molecule has 5 heteroatoms. The molecule has 2 aliphatic rings. The van der Waals surface area contributed by atoms with Crippen molar-refractivity contribution in [2.24, 2.45) is 0 Å². The number of aromatic amines is 1. The lowest BCUT2D eigenvalue weighted by Crippen LogP contribution is -2.40. The number of aromatic nitrogens is 1. The fourth-order valence-corrected chi connectivity index (χ4v) is 4.03. The predicted octanol–water partition coefficient (Wildman–Crippen LogP) is 2.74. The third kappa shape index (κ3) is 2.22. The minimum Gasteiger partial charge on any atom is -0.480 e. The number of carboxylic acids is 1. The Morgan fingerprint density at radius 3 is 2.83 bits per heavy atom. The number of hydrogen-bond acceptors (Lipinski definition) is 2. The number of para-hydroxylation sites is 1. The van der Waals surface area contributed by atoms with Crippen LogP contribution in [0.25, 0.3) is 10.9 Å². The number of carboxylic acid groups (broad SMARTS) is 1. The number of aryl methyl sites for hydroxylation is 2. The lowest BCUT2D eigenvalue weighted by Gasteiger charge is -2.21. The van der Waals surface area contributed by atoms with Gasteiger partial charge in [0, 0.05) is 17.6 Å². The minimum absolute atomic E-state index is 0.168. The highest BCUT2D eigenvalue weighted by Gasteiger charge is 2.35. The molecular weight excluding hydrogens is 292 g/mol. The summed E-state index contributed by atoms with van der Waals surface area (Å²) in [5, 5.41) is 10.4. The van der Waals surface area contributed by atoms with E-state index in [4.69, 9.17) is 0 Å². The van der Waals surface area contributed by atoms with Gasteiger partial charge in [-0.1, -0.05) is 12.1 Å². The normalized spacial score (nSPS) is 20.7. The van der Waals surface area contributed by atoms with Gasteiger partial charge in [0.25, 0.3) is 5.91 Å². The summed E-state index contributed by atoms with van der Waals surface area (Å²) in [6, 6.07) is 5.08. The van der Waals surface area contributed by atoms with Crippen LogP contribution in [-0.4, -0.2) is 39.5 Å². The maximum atomic E-state index is 12.9. The van der Waals surface area contributed by atoms with Gasteiger partial charge in [-0.2, -0.15) is 0 Å². The van der Waals surface area contributed by atoms with Crippen LogP contribution >= 0.6 is 0 Å². The van der Waals surface area contributed by atoms with Crippen LogP contribution in [0.2, 0.25) is 0 Å². The highest BCUT2D eigenvalue weighted by Crippen LogP contribution is 2.32. The van der Waals surface area contributed by atoms with E-state index in [9.17, 15) is 14.7 Å². The molecular formula is C18H20N2O3. The number of nitrogens with zero attached hydrogens (tertiary/aromatic N) is 1. The minimum atomic E-state index is -0.909. The first-order valence-corrected chi connectivity index (χ1v) is 8.33. The average molecular weight is 312 g/mol. The number of nitrogens with one attached hydrogen (secondary N) is 1. The van der Waals surface area contributed by atoms with Gasteiger partial charge in [0.1, 0.15) is 6.04 Å². The Kier molecular flexibility index (Phi) is 3.36. The van der Waals surface area contributed by atoms with Gasteiger partial charge in [-0.25, -0.2) is 4.79 Å². The molecule has 2 N–H and O–H groups in total. The first-order valence-electron chi connectivity index (χ1n) is 8.33. The van der Waals surface area contributed by atoms with Crippen molar-refractivity contribution in [2.45, 2.75) is 44.6 Å². The van der Waals surface area contributed by atoms with Crippen molar-refractivity contribution < 1.29 is 14.7 Å². The molecule has 1 saturated heterocycles. The third-order valence-corrected chi connectivity index (χ3v) is 5.16. The van der Waals surface area contributed by atoms with Crippen molar-refractivity contribution in [3.63, 3.8) is 0 Å². The molecule has 0 bridgehead atoms. The monoisotopic (exact) mass is 312 g/mol. The first-order chi connectivity index (χ1) is 11.2. The van der Waals surface area contributed by atoms with Crippen LogP contribution in [-0.2, 0) is 17.6 Å². The zero-order valence-corrected chi connectivity index (χ0v) is 13.0. The van der Waals surface area contributed by atoms with E-state index in [2.05, 4.69) is 11.1 Å². The van der Waals surface area contributed by atoms with Gasteiger partial charge in [-0.3, -0.25) is 4.79 Å². The largest absolute Gasteiger partial charge is 0.480 e. The highest BCUT2D eigenvalue weighted by molar-refractivity contribution is 6.07. The SMILES string of the molecule is O=C(O)C1CCCN1C(=O)c1cccc2c3c([nH]c12)CCCC3. The summed E-state index contributed by atoms with van der Waals surface area (Å²) in [7, 11) is 0. The van der Waals surface area contributed by atoms with Crippen LogP contribution in [0.3, 0.4) is 0 Å². The van der Waals surface area contributed by atoms with Crippen molar-refractivity contribution in [1.82, 2.24) is 9.88 Å². The second-order valence-corrected chi connectivity index (χ2v) is 6.51. The van der Waals surface area contributed by atoms with E-state index in [0.29, 0.717) is 18.5 Å². The van der Waals surface area contributed by atoms with E-state index < -0.39 is 12.0 Å². The average Bonchev–Trinajstić information content (AvgIpc) is 3.18. The molecule has 4 rings (SSSR count). The Morgan fingerprint density at radius 1 is 1.17 bits per heavy atom. The number of amides is 1. The van der Waals surface area contributed by atoms with Gasteiger partial charge < -0.3 is 15.0 Å². The first kappa shape index (κ1) is 14.3. The van der Waals surface area contributed by atoms with Crippen LogP contribution in [0, 0.1) is 0 Å². The molecule has 1 fully saturated rings. The topological polar surface area (TPSA) is 73.4 Å². The summed E-state index contributed by atoms with van der Waals surface area (Å²) in [5.74, 6) is -1.08. The number of carbonyl (C=O) groups is 2. The van der Waals surface area contributed by atoms with Gasteiger partial charge >= 0.3 is 5.97 Å². The molecule has 5 nitrogen and oxygen atoms in total. The molecule has 1 amide bonds. The Balaban J connectivity index is 1.78. The van der Waals surface area contributed by atoms with Crippen LogP contribution in [0.4, 0.5) is 0 Å². The standard InChI is InChI=1S/C18H20N2O3/c21-17(20-10-4-9-15(20)18(22)23)13-7-3-6-12-11-5-1-2-8-14(11)19-16(12)13/h3,6-7,15,19H,1-2,4-5,8-10H2,(H,22,23). The number of carbonyl (C=O) groups excluding carboxylic acids is 1. The number of aliphatic carboxylic acids is 1. The Morgan fingerprint density at radius 2 is 2.00 bits per heavy atom. The number of fused-ring (bicyclic) bond motifs is 3. The molecule has 23 heavy (non-hydrogen) atoms. The van der Waals surface area contributed by atoms with E-state index in [1.807, 2.05) is 12.1 Å². The molecule has 1 aliphatic carbocycles. The molecule has 0 spiro atoms. The molecule has 1 aromatic heterocycles. The van der Waals surface area contributed by atoms with Crippen molar-refractivity contribution >= 4 is 22.8 Å². The smallest absolute Gasteiger partial charge is 0.326 e. The zero-order chi connectivity index (χ0) is 16.0. The van der Waals surface area contributed by atoms with E-state index in [-0.39, 0.29) is 5.91 Å². The fraction of sp³-hybridized carbons (Fsp3) is 0.444. The van der Waals surface area contributed by atoms with Crippen LogP contribution in [0.15, 0.2) is 18.2 Å². The fourth-order valence-electron chi connectivity index (χ4n) is 4.03. The quantitative estimate of drug-likeness (QED) is 0.895. The van der Waals surface area contributed by atoms with E-state index in [1.54, 1.807) is 0 Å². The lowest BCUT2D eigenvalue weighted by molar-refractivity contribution is -0.141. The third-order valence-electron chi connectivity index (χ3n) is 5.16.